The van der Waals surface area contributed by atoms with E-state index < -0.39 is 0 Å². The van der Waals surface area contributed by atoms with Crippen LogP contribution in [0.15, 0.2) is 30.3 Å². The first-order chi connectivity index (χ1) is 12.1. The average molecular weight is 342 g/mol. The van der Waals surface area contributed by atoms with Crippen molar-refractivity contribution in [1.29, 1.82) is 0 Å². The summed E-state index contributed by atoms with van der Waals surface area (Å²) in [7, 11) is 1.62. The highest BCUT2D eigenvalue weighted by Crippen LogP contribution is 2.17. The van der Waals surface area contributed by atoms with Crippen LogP contribution in [0, 0.1) is 6.92 Å². The van der Waals surface area contributed by atoms with Gasteiger partial charge in [0.05, 0.1) is 7.11 Å². The molecule has 1 aromatic heterocycles. The zero-order valence-corrected chi connectivity index (χ0v) is 15.1. The first-order valence-electron chi connectivity index (χ1n) is 8.63. The number of amides is 1. The van der Waals surface area contributed by atoms with Gasteiger partial charge in [0.15, 0.2) is 0 Å². The van der Waals surface area contributed by atoms with Gasteiger partial charge in [-0.1, -0.05) is 38.0 Å². The number of methoxy groups -OCH3 is 1. The quantitative estimate of drug-likeness (QED) is 0.684. The number of benzene rings is 1. The molecular formula is C19H26N4O2. The molecule has 0 atom stereocenters. The molecule has 0 radical (unpaired) electrons. The van der Waals surface area contributed by atoms with E-state index in [1.807, 2.05) is 31.2 Å². The number of aromatic nitrogens is 2. The lowest BCUT2D eigenvalue weighted by molar-refractivity contribution is 0.0945. The molecule has 0 unspecified atom stereocenters. The SMILES string of the molecule is CCCCCNc1nc(C)cc(C(=O)NCc2ccccc2OC)n1. The van der Waals surface area contributed by atoms with Crippen molar-refractivity contribution in [3.63, 3.8) is 0 Å². The first kappa shape index (κ1) is 18.7. The Morgan fingerprint density at radius 2 is 2.00 bits per heavy atom. The van der Waals surface area contributed by atoms with Crippen molar-refractivity contribution in [1.82, 2.24) is 15.3 Å². The van der Waals surface area contributed by atoms with Gasteiger partial charge in [0.25, 0.3) is 5.91 Å². The first-order valence-corrected chi connectivity index (χ1v) is 8.63. The molecule has 0 spiro atoms. The average Bonchev–Trinajstić information content (AvgIpc) is 2.63. The fourth-order valence-electron chi connectivity index (χ4n) is 2.45. The topological polar surface area (TPSA) is 76.1 Å². The summed E-state index contributed by atoms with van der Waals surface area (Å²) in [6, 6.07) is 9.29. The van der Waals surface area contributed by atoms with Crippen molar-refractivity contribution in [2.45, 2.75) is 39.7 Å². The molecule has 1 heterocycles. The van der Waals surface area contributed by atoms with Crippen LogP contribution >= 0.6 is 0 Å². The number of ether oxygens (including phenoxy) is 1. The number of hydrogen-bond acceptors (Lipinski definition) is 5. The van der Waals surface area contributed by atoms with Crippen LogP contribution in [0.1, 0.15) is 47.9 Å². The fourth-order valence-corrected chi connectivity index (χ4v) is 2.45. The maximum absolute atomic E-state index is 12.4. The highest BCUT2D eigenvalue weighted by atomic mass is 16.5. The largest absolute Gasteiger partial charge is 0.496 e. The van der Waals surface area contributed by atoms with Gasteiger partial charge in [-0.05, 0) is 25.5 Å². The van der Waals surface area contributed by atoms with Gasteiger partial charge in [-0.25, -0.2) is 9.97 Å². The normalized spacial score (nSPS) is 10.4. The summed E-state index contributed by atoms with van der Waals surface area (Å²) in [5, 5.41) is 6.07. The lowest BCUT2D eigenvalue weighted by atomic mass is 10.2. The van der Waals surface area contributed by atoms with Gasteiger partial charge in [0, 0.05) is 24.3 Å². The Kier molecular flexibility index (Phi) is 7.19. The van der Waals surface area contributed by atoms with E-state index in [1.165, 1.54) is 0 Å². The molecule has 0 aliphatic carbocycles. The Labute approximate surface area is 149 Å². The number of nitrogens with zero attached hydrogens (tertiary/aromatic N) is 2. The molecule has 6 heteroatoms. The number of carbonyl (C=O) groups excluding carboxylic acids is 1. The van der Waals surface area contributed by atoms with Crippen LogP contribution < -0.4 is 15.4 Å². The Bertz CT molecular complexity index is 704. The predicted octanol–water partition coefficient (Wildman–Crippen LogP) is 3.33. The molecule has 0 saturated heterocycles. The third-order valence-corrected chi connectivity index (χ3v) is 3.78. The monoisotopic (exact) mass is 342 g/mol. The number of para-hydroxylation sites is 1. The minimum absolute atomic E-state index is 0.229. The van der Waals surface area contributed by atoms with Crippen LogP contribution in [0.25, 0.3) is 0 Å². The van der Waals surface area contributed by atoms with E-state index in [4.69, 9.17) is 4.74 Å². The van der Waals surface area contributed by atoms with E-state index >= 15 is 0 Å². The van der Waals surface area contributed by atoms with Crippen molar-refractivity contribution < 1.29 is 9.53 Å². The van der Waals surface area contributed by atoms with Crippen LogP contribution in [0.2, 0.25) is 0 Å². The van der Waals surface area contributed by atoms with E-state index in [1.54, 1.807) is 13.2 Å². The molecule has 1 amide bonds. The highest BCUT2D eigenvalue weighted by Gasteiger charge is 2.11. The smallest absolute Gasteiger partial charge is 0.270 e. The summed E-state index contributed by atoms with van der Waals surface area (Å²) in [6.45, 7) is 5.20. The van der Waals surface area contributed by atoms with Crippen molar-refractivity contribution >= 4 is 11.9 Å². The predicted molar refractivity (Wildman–Crippen MR) is 98.9 cm³/mol. The Hall–Kier alpha value is -2.63. The van der Waals surface area contributed by atoms with Gasteiger partial charge >= 0.3 is 0 Å². The maximum Gasteiger partial charge on any atom is 0.270 e. The number of anilines is 1. The zero-order valence-electron chi connectivity index (χ0n) is 15.1. The van der Waals surface area contributed by atoms with Gasteiger partial charge in [-0.3, -0.25) is 4.79 Å². The molecular weight excluding hydrogens is 316 g/mol. The molecule has 0 aliphatic rings. The minimum Gasteiger partial charge on any atom is -0.496 e. The third kappa shape index (κ3) is 5.74. The lowest BCUT2D eigenvalue weighted by Crippen LogP contribution is -2.25. The highest BCUT2D eigenvalue weighted by molar-refractivity contribution is 5.92. The lowest BCUT2D eigenvalue weighted by Gasteiger charge is -2.10. The van der Waals surface area contributed by atoms with Crippen molar-refractivity contribution in [2.75, 3.05) is 19.0 Å². The molecule has 2 aromatic rings. The second-order valence-corrected chi connectivity index (χ2v) is 5.85. The minimum atomic E-state index is -0.229. The van der Waals surface area contributed by atoms with Crippen molar-refractivity contribution in [2.24, 2.45) is 0 Å². The summed E-state index contributed by atoms with van der Waals surface area (Å²) in [6.07, 6.45) is 3.38. The standard InChI is InChI=1S/C19H26N4O2/c1-4-5-8-11-20-19-22-14(2)12-16(23-19)18(24)21-13-15-9-6-7-10-17(15)25-3/h6-7,9-10,12H,4-5,8,11,13H2,1-3H3,(H,21,24)(H,20,22,23). The van der Waals surface area contributed by atoms with Crippen LogP contribution in [0.3, 0.4) is 0 Å². The number of hydrogen-bond donors (Lipinski definition) is 2. The van der Waals surface area contributed by atoms with Gasteiger partial charge in [-0.15, -0.1) is 0 Å². The molecule has 0 bridgehead atoms. The summed E-state index contributed by atoms with van der Waals surface area (Å²) in [4.78, 5) is 21.1. The van der Waals surface area contributed by atoms with Crippen LogP contribution in [0.4, 0.5) is 5.95 Å². The second-order valence-electron chi connectivity index (χ2n) is 5.85. The number of aryl methyl sites for hydroxylation is 1. The maximum atomic E-state index is 12.4. The summed E-state index contributed by atoms with van der Waals surface area (Å²) in [5.41, 5.74) is 2.04. The van der Waals surface area contributed by atoms with E-state index in [0.29, 0.717) is 18.2 Å². The Morgan fingerprint density at radius 3 is 2.76 bits per heavy atom. The van der Waals surface area contributed by atoms with Gasteiger partial charge in [0.2, 0.25) is 5.95 Å². The molecule has 0 saturated carbocycles. The number of nitrogens with one attached hydrogen (secondary N) is 2. The third-order valence-electron chi connectivity index (χ3n) is 3.78. The molecule has 2 N–H and O–H groups in total. The molecule has 134 valence electrons. The van der Waals surface area contributed by atoms with Crippen LogP contribution in [0.5, 0.6) is 5.75 Å². The van der Waals surface area contributed by atoms with E-state index in [2.05, 4.69) is 27.5 Å². The molecule has 25 heavy (non-hydrogen) atoms. The van der Waals surface area contributed by atoms with Crippen LogP contribution in [-0.2, 0) is 6.54 Å². The summed E-state index contributed by atoms with van der Waals surface area (Å²) < 4.78 is 5.30. The van der Waals surface area contributed by atoms with Gasteiger partial charge in [0.1, 0.15) is 11.4 Å². The van der Waals surface area contributed by atoms with Crippen LogP contribution in [-0.4, -0.2) is 29.5 Å². The summed E-state index contributed by atoms with van der Waals surface area (Å²) in [5.74, 6) is 1.02. The van der Waals surface area contributed by atoms with Gasteiger partial charge < -0.3 is 15.4 Å². The Balaban J connectivity index is 1.99. The number of unbranched alkanes of at least 4 members (excludes halogenated alkanes) is 2. The molecule has 6 nitrogen and oxygen atoms in total. The molecule has 2 rings (SSSR count). The van der Waals surface area contributed by atoms with E-state index in [9.17, 15) is 4.79 Å². The van der Waals surface area contributed by atoms with Crippen molar-refractivity contribution in [3.05, 3.63) is 47.3 Å². The molecule has 1 aromatic carbocycles. The van der Waals surface area contributed by atoms with Crippen molar-refractivity contribution in [3.8, 4) is 5.75 Å². The fraction of sp³-hybridized carbons (Fsp3) is 0.421. The van der Waals surface area contributed by atoms with E-state index in [-0.39, 0.29) is 5.91 Å². The Morgan fingerprint density at radius 1 is 1.20 bits per heavy atom. The molecule has 0 fully saturated rings. The zero-order chi connectivity index (χ0) is 18.1. The molecule has 0 aliphatic heterocycles. The number of carbonyl (C=O) groups is 1. The second kappa shape index (κ2) is 9.61. The summed E-state index contributed by atoms with van der Waals surface area (Å²) >= 11 is 0. The van der Waals surface area contributed by atoms with Gasteiger partial charge in [-0.2, -0.15) is 0 Å². The van der Waals surface area contributed by atoms with E-state index in [0.717, 1.165) is 42.8 Å². The number of rotatable bonds is 9.